The lowest BCUT2D eigenvalue weighted by molar-refractivity contribution is -0.144. The molecule has 50 heavy (non-hydrogen) atoms. The topological polar surface area (TPSA) is 295 Å². The molecule has 2 atom stereocenters. The summed E-state index contributed by atoms with van der Waals surface area (Å²) in [6, 6.07) is 5.23. The molecule has 1 aromatic rings. The molecule has 0 bridgehead atoms. The third kappa shape index (κ3) is 15.6. The number of rotatable bonds is 24. The first-order valence-electron chi connectivity index (χ1n) is 15.1. The highest BCUT2D eigenvalue weighted by Crippen LogP contribution is 2.16. The van der Waals surface area contributed by atoms with Gasteiger partial charge in [-0.1, -0.05) is 12.1 Å². The molecule has 20 nitrogen and oxygen atoms in total. The zero-order valence-corrected chi connectivity index (χ0v) is 26.8. The SMILES string of the molecule is O=C(O)CN(CCN(CC(=O)O)C[C@@H](Cc1ccc(NC(=O)CNC(=O)CCN2C(=O)C=CC2O)cc1)N(CC(=O)O)CC(=O)O)CC(=O)O. The molecule has 20 heteroatoms. The largest absolute Gasteiger partial charge is 0.480 e. The van der Waals surface area contributed by atoms with Crippen LogP contribution in [-0.4, -0.2) is 176 Å². The number of amides is 3. The molecule has 0 radical (unpaired) electrons. The van der Waals surface area contributed by atoms with Gasteiger partial charge in [-0.2, -0.15) is 0 Å². The number of carbonyl (C=O) groups excluding carboxylic acids is 3. The Labute approximate surface area is 285 Å². The molecule has 1 aliphatic rings. The highest BCUT2D eigenvalue weighted by molar-refractivity contribution is 5.95. The van der Waals surface area contributed by atoms with Crippen molar-refractivity contribution in [1.29, 1.82) is 0 Å². The second kappa shape index (κ2) is 20.2. The van der Waals surface area contributed by atoms with Crippen LogP contribution in [0.2, 0.25) is 0 Å². The van der Waals surface area contributed by atoms with Crippen LogP contribution < -0.4 is 10.6 Å². The Morgan fingerprint density at radius 3 is 1.76 bits per heavy atom. The monoisotopic (exact) mass is 708 g/mol. The molecule has 1 heterocycles. The van der Waals surface area contributed by atoms with Crippen molar-refractivity contribution < 1.29 is 69.0 Å². The van der Waals surface area contributed by atoms with Crippen molar-refractivity contribution in [2.75, 3.05) is 70.8 Å². The molecule has 2 rings (SSSR count). The first kappa shape index (κ1) is 40.7. The number of carboxylic acids is 5. The first-order chi connectivity index (χ1) is 23.5. The number of aliphatic carboxylic acids is 5. The molecule has 1 aliphatic heterocycles. The van der Waals surface area contributed by atoms with Crippen molar-refractivity contribution in [2.24, 2.45) is 0 Å². The van der Waals surface area contributed by atoms with E-state index >= 15 is 0 Å². The van der Waals surface area contributed by atoms with Crippen LogP contribution in [0.5, 0.6) is 0 Å². The normalized spacial score (nSPS) is 14.6. The highest BCUT2D eigenvalue weighted by Gasteiger charge is 2.28. The fraction of sp³-hybridized carbons (Fsp3) is 0.467. The van der Waals surface area contributed by atoms with Gasteiger partial charge in [0.1, 0.15) is 6.23 Å². The Kier molecular flexibility index (Phi) is 16.4. The van der Waals surface area contributed by atoms with Gasteiger partial charge in [0, 0.05) is 50.4 Å². The summed E-state index contributed by atoms with van der Waals surface area (Å²) in [5.41, 5.74) is 0.864. The van der Waals surface area contributed by atoms with E-state index in [1.807, 2.05) is 0 Å². The predicted molar refractivity (Wildman–Crippen MR) is 170 cm³/mol. The van der Waals surface area contributed by atoms with Crippen molar-refractivity contribution in [3.8, 4) is 0 Å². The second-order valence-corrected chi connectivity index (χ2v) is 11.3. The average molecular weight is 709 g/mol. The summed E-state index contributed by atoms with van der Waals surface area (Å²) in [6.45, 7) is -4.27. The molecule has 274 valence electrons. The van der Waals surface area contributed by atoms with Gasteiger partial charge >= 0.3 is 29.8 Å². The van der Waals surface area contributed by atoms with Gasteiger partial charge in [-0.3, -0.25) is 53.1 Å². The maximum Gasteiger partial charge on any atom is 0.317 e. The molecule has 0 spiro atoms. The summed E-state index contributed by atoms with van der Waals surface area (Å²) in [7, 11) is 0. The number of carbonyl (C=O) groups is 8. The standard InChI is InChI=1S/C30H40N6O14/c37-22(7-8-36-24(39)5-6-25(36)40)31-12-23(38)32-20-3-1-19(2-4-20)11-21(35(17-29(47)48)18-30(49)50)13-33(14-26(41)42)9-10-34(15-27(43)44)16-28(45)46/h1-6,21,24,39H,7-18H2,(H,31,37)(H,32,38)(H,41,42)(H,43,44)(H,45,46)(H,47,48)(H,49,50)/t21-,24?/m1/s1. The number of aliphatic hydroxyl groups is 1. The van der Waals surface area contributed by atoms with E-state index < -0.39 is 99.1 Å². The highest BCUT2D eigenvalue weighted by atomic mass is 16.4. The molecule has 0 fully saturated rings. The van der Waals surface area contributed by atoms with E-state index in [-0.39, 0.29) is 39.0 Å². The Bertz CT molecular complexity index is 1400. The maximum atomic E-state index is 12.4. The minimum absolute atomic E-state index is 0.0126. The van der Waals surface area contributed by atoms with Crippen LogP contribution in [0.1, 0.15) is 12.0 Å². The van der Waals surface area contributed by atoms with E-state index in [0.29, 0.717) is 11.3 Å². The quantitative estimate of drug-likeness (QED) is 0.0534. The number of hydrogen-bond acceptors (Lipinski definition) is 12. The van der Waals surface area contributed by atoms with Gasteiger partial charge in [-0.05, 0) is 30.2 Å². The van der Waals surface area contributed by atoms with Gasteiger partial charge < -0.3 is 46.2 Å². The van der Waals surface area contributed by atoms with E-state index in [1.165, 1.54) is 29.2 Å². The number of nitrogens with one attached hydrogen (secondary N) is 2. The van der Waals surface area contributed by atoms with Crippen LogP contribution in [0.25, 0.3) is 0 Å². The van der Waals surface area contributed by atoms with Crippen molar-refractivity contribution in [3.05, 3.63) is 42.0 Å². The van der Waals surface area contributed by atoms with Gasteiger partial charge in [-0.15, -0.1) is 0 Å². The van der Waals surface area contributed by atoms with Gasteiger partial charge in [0.05, 0.1) is 39.3 Å². The van der Waals surface area contributed by atoms with E-state index in [1.54, 1.807) is 12.1 Å². The lowest BCUT2D eigenvalue weighted by atomic mass is 10.0. The fourth-order valence-electron chi connectivity index (χ4n) is 5.01. The minimum Gasteiger partial charge on any atom is -0.480 e. The molecule has 3 amide bonds. The molecule has 8 N–H and O–H groups in total. The van der Waals surface area contributed by atoms with Crippen molar-refractivity contribution in [1.82, 2.24) is 24.9 Å². The van der Waals surface area contributed by atoms with Crippen molar-refractivity contribution >= 4 is 53.3 Å². The zero-order valence-electron chi connectivity index (χ0n) is 26.8. The van der Waals surface area contributed by atoms with E-state index in [4.69, 9.17) is 10.2 Å². The number of hydrogen-bond donors (Lipinski definition) is 8. The van der Waals surface area contributed by atoms with Gasteiger partial charge in [0.15, 0.2) is 0 Å². The lowest BCUT2D eigenvalue weighted by Crippen LogP contribution is -2.51. The maximum absolute atomic E-state index is 12.4. The third-order valence-corrected chi connectivity index (χ3v) is 7.22. The minimum atomic E-state index is -1.35. The van der Waals surface area contributed by atoms with Crippen LogP contribution in [0.4, 0.5) is 5.69 Å². The fourth-order valence-corrected chi connectivity index (χ4v) is 5.01. The number of carboxylic acid groups (broad SMARTS) is 5. The van der Waals surface area contributed by atoms with E-state index in [0.717, 1.165) is 14.7 Å². The smallest absolute Gasteiger partial charge is 0.317 e. The Balaban J connectivity index is 2.12. The second-order valence-electron chi connectivity index (χ2n) is 11.3. The first-order valence-corrected chi connectivity index (χ1v) is 15.1. The Morgan fingerprint density at radius 2 is 1.26 bits per heavy atom. The summed E-state index contributed by atoms with van der Waals surface area (Å²) in [5, 5.41) is 61.4. The molecule has 0 saturated heterocycles. The summed E-state index contributed by atoms with van der Waals surface area (Å²) < 4.78 is 0. The molecule has 1 aromatic carbocycles. The summed E-state index contributed by atoms with van der Waals surface area (Å²) >= 11 is 0. The van der Waals surface area contributed by atoms with Crippen LogP contribution in [0.3, 0.4) is 0 Å². The lowest BCUT2D eigenvalue weighted by Gasteiger charge is -2.34. The van der Waals surface area contributed by atoms with E-state index in [9.17, 15) is 58.8 Å². The van der Waals surface area contributed by atoms with Crippen LogP contribution in [0, 0.1) is 0 Å². The number of aliphatic hydroxyl groups excluding tert-OH is 1. The predicted octanol–water partition coefficient (Wildman–Crippen LogP) is -2.91. The van der Waals surface area contributed by atoms with Gasteiger partial charge in [-0.25, -0.2) is 0 Å². The molecule has 0 saturated carbocycles. The molecular weight excluding hydrogens is 668 g/mol. The number of benzene rings is 1. The zero-order chi connectivity index (χ0) is 37.4. The summed E-state index contributed by atoms with van der Waals surface area (Å²) in [4.78, 5) is 98.1. The average Bonchev–Trinajstić information content (AvgIpc) is 3.32. The van der Waals surface area contributed by atoms with Crippen LogP contribution >= 0.6 is 0 Å². The van der Waals surface area contributed by atoms with Crippen LogP contribution in [0.15, 0.2) is 36.4 Å². The van der Waals surface area contributed by atoms with E-state index in [2.05, 4.69) is 10.6 Å². The van der Waals surface area contributed by atoms with Gasteiger partial charge in [0.25, 0.3) is 0 Å². The van der Waals surface area contributed by atoms with Crippen molar-refractivity contribution in [3.63, 3.8) is 0 Å². The molecule has 1 unspecified atom stereocenters. The Hall–Kier alpha value is -5.44. The number of nitrogens with zero attached hydrogens (tertiary/aromatic N) is 4. The molecule has 0 aliphatic carbocycles. The third-order valence-electron chi connectivity index (χ3n) is 7.22. The van der Waals surface area contributed by atoms with Crippen molar-refractivity contribution in [2.45, 2.75) is 25.1 Å². The summed E-state index contributed by atoms with van der Waals surface area (Å²) in [5.74, 6) is -8.15. The summed E-state index contributed by atoms with van der Waals surface area (Å²) in [6.07, 6.45) is 1.20. The molecule has 0 aromatic heterocycles. The Morgan fingerprint density at radius 1 is 0.740 bits per heavy atom. The number of anilines is 1. The van der Waals surface area contributed by atoms with Gasteiger partial charge in [0.2, 0.25) is 17.7 Å². The van der Waals surface area contributed by atoms with Crippen LogP contribution in [-0.2, 0) is 44.8 Å². The molecular formula is C30H40N6O14.